The van der Waals surface area contributed by atoms with Crippen molar-refractivity contribution in [2.75, 3.05) is 6.61 Å². The van der Waals surface area contributed by atoms with Crippen LogP contribution >= 0.6 is 0 Å². The van der Waals surface area contributed by atoms with Crippen LogP contribution in [-0.2, 0) is 14.3 Å². The van der Waals surface area contributed by atoms with Crippen LogP contribution in [-0.4, -0.2) is 46.9 Å². The second kappa shape index (κ2) is 45.1. The lowest BCUT2D eigenvalue weighted by Gasteiger charge is -2.24. The van der Waals surface area contributed by atoms with Gasteiger partial charge in [-0.3, -0.25) is 9.59 Å². The highest BCUT2D eigenvalue weighted by Crippen LogP contribution is 2.15. The monoisotopic (exact) mass is 808 g/mol. The SMILES string of the molecule is CC/C=C/C=C/C=C\CCCCCCCC(=O)OC(C/C=C\C/C=C\C/C=C\C/C=C\CCCCC)CC(=O)NC(CO)C(O)CCCCCCCCCCCCC. The van der Waals surface area contributed by atoms with E-state index in [4.69, 9.17) is 4.74 Å². The first-order valence-corrected chi connectivity index (χ1v) is 23.8. The zero-order chi connectivity index (χ0) is 42.4. The minimum absolute atomic E-state index is 0.0109. The van der Waals surface area contributed by atoms with Crippen LogP contribution in [0.25, 0.3) is 0 Å². The Morgan fingerprint density at radius 3 is 1.64 bits per heavy atom. The Morgan fingerprint density at radius 2 is 1.03 bits per heavy atom. The highest BCUT2D eigenvalue weighted by molar-refractivity contribution is 5.77. The number of allylic oxidation sites excluding steroid dienone is 13. The van der Waals surface area contributed by atoms with Crippen LogP contribution in [0.2, 0.25) is 0 Å². The van der Waals surface area contributed by atoms with Crippen LogP contribution in [0.15, 0.2) is 85.1 Å². The van der Waals surface area contributed by atoms with Gasteiger partial charge in [0.05, 0.1) is 25.2 Å². The summed E-state index contributed by atoms with van der Waals surface area (Å²) < 4.78 is 5.84. The highest BCUT2D eigenvalue weighted by atomic mass is 16.5. The van der Waals surface area contributed by atoms with Gasteiger partial charge in [-0.1, -0.05) is 209 Å². The summed E-state index contributed by atoms with van der Waals surface area (Å²) in [4.78, 5) is 26.0. The third kappa shape index (κ3) is 39.8. The van der Waals surface area contributed by atoms with Crippen LogP contribution in [0, 0.1) is 0 Å². The van der Waals surface area contributed by atoms with E-state index in [1.807, 2.05) is 12.2 Å². The smallest absolute Gasteiger partial charge is 0.306 e. The van der Waals surface area contributed by atoms with Crippen LogP contribution in [0.1, 0.15) is 207 Å². The lowest BCUT2D eigenvalue weighted by Crippen LogP contribution is -2.46. The average molecular weight is 808 g/mol. The molecule has 1 amide bonds. The predicted molar refractivity (Wildman–Crippen MR) is 250 cm³/mol. The number of hydrogen-bond acceptors (Lipinski definition) is 5. The summed E-state index contributed by atoms with van der Waals surface area (Å²) in [6.45, 7) is 6.26. The molecule has 0 aliphatic heterocycles. The molecule has 0 aliphatic carbocycles. The van der Waals surface area contributed by atoms with Crippen molar-refractivity contribution < 1.29 is 24.5 Å². The van der Waals surface area contributed by atoms with Gasteiger partial charge in [-0.15, -0.1) is 0 Å². The number of nitrogens with one attached hydrogen (secondary N) is 1. The molecular formula is C52H89NO5. The number of carbonyl (C=O) groups excluding carboxylic acids is 2. The van der Waals surface area contributed by atoms with Gasteiger partial charge in [0.1, 0.15) is 6.10 Å². The molecule has 3 atom stereocenters. The number of amides is 1. The fourth-order valence-corrected chi connectivity index (χ4v) is 6.64. The summed E-state index contributed by atoms with van der Waals surface area (Å²) in [7, 11) is 0. The summed E-state index contributed by atoms with van der Waals surface area (Å²) in [5, 5.41) is 23.6. The number of ether oxygens (including phenoxy) is 1. The summed E-state index contributed by atoms with van der Waals surface area (Å²) in [5.74, 6) is -0.608. The Hall–Kier alpha value is -2.96. The van der Waals surface area contributed by atoms with Crippen LogP contribution in [0.5, 0.6) is 0 Å². The van der Waals surface area contributed by atoms with Gasteiger partial charge in [0.2, 0.25) is 5.91 Å². The maximum atomic E-state index is 13.1. The van der Waals surface area contributed by atoms with Crippen molar-refractivity contribution in [3.05, 3.63) is 85.1 Å². The van der Waals surface area contributed by atoms with Gasteiger partial charge in [-0.2, -0.15) is 0 Å². The second-order valence-corrected chi connectivity index (χ2v) is 15.8. The molecule has 0 spiro atoms. The van der Waals surface area contributed by atoms with Crippen LogP contribution in [0.3, 0.4) is 0 Å². The van der Waals surface area contributed by atoms with Crippen molar-refractivity contribution in [1.29, 1.82) is 0 Å². The molecule has 332 valence electrons. The first kappa shape index (κ1) is 55.0. The fraction of sp³-hybridized carbons (Fsp3) is 0.692. The lowest BCUT2D eigenvalue weighted by atomic mass is 10.0. The van der Waals surface area contributed by atoms with Crippen LogP contribution in [0.4, 0.5) is 0 Å². The molecule has 3 N–H and O–H groups in total. The van der Waals surface area contributed by atoms with E-state index in [1.54, 1.807) is 0 Å². The van der Waals surface area contributed by atoms with Crippen molar-refractivity contribution in [3.63, 3.8) is 0 Å². The Kier molecular flexibility index (Phi) is 42.8. The molecule has 0 aliphatic rings. The van der Waals surface area contributed by atoms with Crippen molar-refractivity contribution in [1.82, 2.24) is 5.32 Å². The first-order chi connectivity index (χ1) is 28.5. The average Bonchev–Trinajstić information content (AvgIpc) is 3.22. The third-order valence-electron chi connectivity index (χ3n) is 10.3. The van der Waals surface area contributed by atoms with Gasteiger partial charge in [-0.25, -0.2) is 0 Å². The van der Waals surface area contributed by atoms with E-state index in [0.29, 0.717) is 19.3 Å². The molecule has 0 rings (SSSR count). The Balaban J connectivity index is 4.80. The quantitative estimate of drug-likeness (QED) is 0.0247. The standard InChI is InChI=1S/C52H89NO5/c1-4-7-10-13-16-19-22-24-25-27-29-31-34-37-40-43-48(58-52(57)45-42-39-36-33-30-26-23-20-17-14-11-8-5-2)46-51(56)53-49(47-54)50(55)44-41-38-35-32-28-21-18-15-12-9-6-3/h8,11,14,16-17,19-20,23-25,29,31,37,40,48-50,54-55H,4-7,9-10,12-13,15,18,21-22,26-28,30,32-36,38-39,41-47H2,1-3H3,(H,53,56)/b11-8+,17-14+,19-16-,23-20-,25-24-,31-29-,40-37-. The van der Waals surface area contributed by atoms with E-state index < -0.39 is 18.2 Å². The lowest BCUT2D eigenvalue weighted by molar-refractivity contribution is -0.150. The topological polar surface area (TPSA) is 95.9 Å². The summed E-state index contributed by atoms with van der Waals surface area (Å²) >= 11 is 0. The number of aliphatic hydroxyl groups is 2. The van der Waals surface area contributed by atoms with Crippen LogP contribution < -0.4 is 5.32 Å². The molecule has 0 aromatic carbocycles. The Bertz CT molecular complexity index is 1130. The molecule has 58 heavy (non-hydrogen) atoms. The number of unbranched alkanes of at least 4 members (excludes halogenated alkanes) is 18. The fourth-order valence-electron chi connectivity index (χ4n) is 6.64. The van der Waals surface area contributed by atoms with E-state index in [2.05, 4.69) is 99.0 Å². The predicted octanol–water partition coefficient (Wildman–Crippen LogP) is 14.0. The van der Waals surface area contributed by atoms with Gasteiger partial charge >= 0.3 is 5.97 Å². The molecule has 6 nitrogen and oxygen atoms in total. The Morgan fingerprint density at radius 1 is 0.552 bits per heavy atom. The number of esters is 1. The van der Waals surface area contributed by atoms with Crippen molar-refractivity contribution in [2.45, 2.75) is 225 Å². The van der Waals surface area contributed by atoms with Gasteiger partial charge in [-0.05, 0) is 64.2 Å². The Labute approximate surface area is 357 Å². The molecule has 6 heteroatoms. The molecule has 0 radical (unpaired) electrons. The molecule has 3 unspecified atom stereocenters. The number of carbonyl (C=O) groups is 2. The third-order valence-corrected chi connectivity index (χ3v) is 10.3. The highest BCUT2D eigenvalue weighted by Gasteiger charge is 2.23. The minimum Gasteiger partial charge on any atom is -0.461 e. The number of aliphatic hydroxyl groups excluding tert-OH is 2. The molecule has 0 aromatic heterocycles. The first-order valence-electron chi connectivity index (χ1n) is 23.8. The number of rotatable bonds is 41. The summed E-state index contributed by atoms with van der Waals surface area (Å²) in [5.41, 5.74) is 0. The molecule has 0 aromatic rings. The second-order valence-electron chi connectivity index (χ2n) is 15.8. The summed E-state index contributed by atoms with van der Waals surface area (Å²) in [6, 6.07) is -0.738. The number of hydrogen-bond donors (Lipinski definition) is 3. The van der Waals surface area contributed by atoms with Gasteiger partial charge in [0.25, 0.3) is 0 Å². The van der Waals surface area contributed by atoms with E-state index in [1.165, 1.54) is 77.0 Å². The minimum atomic E-state index is -0.817. The molecule has 0 heterocycles. The van der Waals surface area contributed by atoms with Gasteiger partial charge in [0, 0.05) is 12.8 Å². The van der Waals surface area contributed by atoms with E-state index in [-0.39, 0.29) is 24.9 Å². The van der Waals surface area contributed by atoms with E-state index >= 15 is 0 Å². The molecular weight excluding hydrogens is 719 g/mol. The van der Waals surface area contributed by atoms with E-state index in [0.717, 1.165) is 83.5 Å². The maximum absolute atomic E-state index is 13.1. The zero-order valence-corrected chi connectivity index (χ0v) is 37.6. The van der Waals surface area contributed by atoms with Gasteiger partial charge < -0.3 is 20.3 Å². The molecule has 0 saturated heterocycles. The molecule has 0 saturated carbocycles. The van der Waals surface area contributed by atoms with Crippen molar-refractivity contribution in [2.24, 2.45) is 0 Å². The molecule has 0 fully saturated rings. The molecule has 0 bridgehead atoms. The summed E-state index contributed by atoms with van der Waals surface area (Å²) in [6.07, 6.45) is 58.0. The zero-order valence-electron chi connectivity index (χ0n) is 37.6. The van der Waals surface area contributed by atoms with Gasteiger partial charge in [0.15, 0.2) is 0 Å². The maximum Gasteiger partial charge on any atom is 0.306 e. The van der Waals surface area contributed by atoms with Crippen molar-refractivity contribution in [3.8, 4) is 0 Å². The largest absolute Gasteiger partial charge is 0.461 e. The van der Waals surface area contributed by atoms with Crippen molar-refractivity contribution >= 4 is 11.9 Å². The van der Waals surface area contributed by atoms with E-state index in [9.17, 15) is 19.8 Å². The normalized spacial score (nSPS) is 14.1.